The maximum absolute atomic E-state index is 15.1. The third-order valence-corrected chi connectivity index (χ3v) is 5.50. The van der Waals surface area contributed by atoms with Gasteiger partial charge in [-0.1, -0.05) is 12.1 Å². The predicted octanol–water partition coefficient (Wildman–Crippen LogP) is 5.64. The zero-order valence-corrected chi connectivity index (χ0v) is 16.1. The van der Waals surface area contributed by atoms with E-state index in [0.29, 0.717) is 24.3 Å². The lowest BCUT2D eigenvalue weighted by Crippen LogP contribution is -2.16. The lowest BCUT2D eigenvalue weighted by Gasteiger charge is -2.17. The van der Waals surface area contributed by atoms with Crippen LogP contribution in [0.25, 0.3) is 11.1 Å². The summed E-state index contributed by atoms with van der Waals surface area (Å²) in [5, 5.41) is -0.428. The molecular formula is C20H20F3NO2S. The van der Waals surface area contributed by atoms with Gasteiger partial charge in [0.15, 0.2) is 23.2 Å². The molecule has 0 unspecified atom stereocenters. The van der Waals surface area contributed by atoms with Crippen LogP contribution in [-0.2, 0) is 0 Å². The minimum Gasteiger partial charge on any atom is -0.490 e. The molecule has 1 amide bonds. The van der Waals surface area contributed by atoms with Crippen molar-refractivity contribution in [2.24, 2.45) is 5.92 Å². The summed E-state index contributed by atoms with van der Waals surface area (Å²) < 4.78 is 49.1. The van der Waals surface area contributed by atoms with Gasteiger partial charge in [0.05, 0.1) is 11.5 Å². The fourth-order valence-corrected chi connectivity index (χ4v) is 3.32. The Morgan fingerprint density at radius 1 is 1.07 bits per heavy atom. The summed E-state index contributed by atoms with van der Waals surface area (Å²) in [6.07, 6.45) is 2.10. The second-order valence-electron chi connectivity index (χ2n) is 6.83. The third kappa shape index (κ3) is 4.24. The number of carbonyl (C=O) groups excluding carboxylic acids is 1. The number of ether oxygens (including phenoxy) is 1. The van der Waals surface area contributed by atoms with E-state index in [1.807, 2.05) is 0 Å². The van der Waals surface area contributed by atoms with Gasteiger partial charge in [-0.3, -0.25) is 4.79 Å². The Bertz CT molecular complexity index is 882. The van der Waals surface area contributed by atoms with E-state index in [1.165, 1.54) is 50.2 Å². The first kappa shape index (κ1) is 19.6. The molecule has 0 heterocycles. The van der Waals surface area contributed by atoms with Crippen LogP contribution in [0.3, 0.4) is 0 Å². The van der Waals surface area contributed by atoms with Crippen LogP contribution in [0.5, 0.6) is 5.75 Å². The number of rotatable bonds is 5. The highest BCUT2D eigenvalue weighted by molar-refractivity contribution is 8.13. The molecule has 0 bridgehead atoms. The predicted molar refractivity (Wildman–Crippen MR) is 99.6 cm³/mol. The number of nitrogens with zero attached hydrogens (tertiary/aromatic N) is 1. The van der Waals surface area contributed by atoms with Crippen LogP contribution in [0, 0.1) is 30.3 Å². The molecule has 7 heteroatoms. The van der Waals surface area contributed by atoms with Gasteiger partial charge in [0.1, 0.15) is 0 Å². The smallest absolute Gasteiger partial charge is 0.286 e. The van der Waals surface area contributed by atoms with E-state index >= 15 is 4.39 Å². The first-order valence-electron chi connectivity index (χ1n) is 8.59. The van der Waals surface area contributed by atoms with E-state index in [-0.39, 0.29) is 27.3 Å². The molecule has 0 radical (unpaired) electrons. The van der Waals surface area contributed by atoms with E-state index in [1.54, 1.807) is 0 Å². The maximum atomic E-state index is 15.1. The molecule has 0 aromatic heterocycles. The number of hydrogen-bond acceptors (Lipinski definition) is 3. The molecular weight excluding hydrogens is 375 g/mol. The van der Waals surface area contributed by atoms with Gasteiger partial charge in [-0.05, 0) is 55.1 Å². The summed E-state index contributed by atoms with van der Waals surface area (Å²) in [4.78, 5) is 13.4. The maximum Gasteiger partial charge on any atom is 0.286 e. The second kappa shape index (κ2) is 7.84. The fourth-order valence-electron chi connectivity index (χ4n) is 2.49. The van der Waals surface area contributed by atoms with Crippen molar-refractivity contribution in [3.05, 3.63) is 47.3 Å². The van der Waals surface area contributed by atoms with Gasteiger partial charge in [-0.15, -0.1) is 0 Å². The number of hydrogen-bond donors (Lipinski definition) is 0. The van der Waals surface area contributed by atoms with Crippen molar-refractivity contribution in [1.29, 1.82) is 0 Å². The number of amides is 1. The Morgan fingerprint density at radius 2 is 1.74 bits per heavy atom. The molecule has 2 aromatic carbocycles. The number of benzene rings is 2. The Balaban J connectivity index is 2.07. The molecule has 0 atom stereocenters. The molecule has 1 saturated carbocycles. The van der Waals surface area contributed by atoms with Crippen molar-refractivity contribution in [3.63, 3.8) is 0 Å². The molecule has 27 heavy (non-hydrogen) atoms. The average molecular weight is 395 g/mol. The van der Waals surface area contributed by atoms with Crippen LogP contribution in [0.2, 0.25) is 0 Å². The Hall–Kier alpha value is -2.15. The first-order chi connectivity index (χ1) is 12.8. The molecule has 1 aliphatic carbocycles. The first-order valence-corrected chi connectivity index (χ1v) is 9.40. The topological polar surface area (TPSA) is 29.5 Å². The van der Waals surface area contributed by atoms with Gasteiger partial charge in [0.25, 0.3) is 5.24 Å². The lowest BCUT2D eigenvalue weighted by molar-refractivity contribution is 0.241. The van der Waals surface area contributed by atoms with E-state index in [4.69, 9.17) is 4.74 Å². The Morgan fingerprint density at radius 3 is 2.37 bits per heavy atom. The molecule has 0 N–H and O–H groups in total. The second-order valence-corrected chi connectivity index (χ2v) is 7.79. The summed E-state index contributed by atoms with van der Waals surface area (Å²) in [6, 6.07) is 5.67. The van der Waals surface area contributed by atoms with Gasteiger partial charge in [-0.25, -0.2) is 13.2 Å². The van der Waals surface area contributed by atoms with E-state index < -0.39 is 22.7 Å². The van der Waals surface area contributed by atoms with Gasteiger partial charge < -0.3 is 9.64 Å². The average Bonchev–Trinajstić information content (AvgIpc) is 3.45. The van der Waals surface area contributed by atoms with E-state index in [9.17, 15) is 13.6 Å². The Kier molecular flexibility index (Phi) is 5.69. The fraction of sp³-hybridized carbons (Fsp3) is 0.350. The van der Waals surface area contributed by atoms with Crippen LogP contribution >= 0.6 is 11.8 Å². The highest BCUT2D eigenvalue weighted by Crippen LogP contribution is 2.41. The van der Waals surface area contributed by atoms with Crippen LogP contribution in [0.4, 0.5) is 18.0 Å². The van der Waals surface area contributed by atoms with Gasteiger partial charge in [0.2, 0.25) is 0 Å². The number of aryl methyl sites for hydroxylation is 1. The highest BCUT2D eigenvalue weighted by atomic mass is 32.2. The van der Waals surface area contributed by atoms with Crippen LogP contribution in [0.1, 0.15) is 18.4 Å². The zero-order chi connectivity index (χ0) is 19.7. The molecule has 0 saturated heterocycles. The quantitative estimate of drug-likeness (QED) is 0.614. The van der Waals surface area contributed by atoms with Crippen molar-refractivity contribution < 1.29 is 22.7 Å². The molecule has 1 aliphatic rings. The zero-order valence-electron chi connectivity index (χ0n) is 15.3. The summed E-state index contributed by atoms with van der Waals surface area (Å²) in [7, 11) is 3.07. The van der Waals surface area contributed by atoms with E-state index in [0.717, 1.165) is 12.8 Å². The van der Waals surface area contributed by atoms with Crippen LogP contribution in [-0.4, -0.2) is 30.8 Å². The lowest BCUT2D eigenvalue weighted by atomic mass is 10.0. The largest absolute Gasteiger partial charge is 0.490 e. The van der Waals surface area contributed by atoms with Gasteiger partial charge in [0, 0.05) is 25.2 Å². The summed E-state index contributed by atoms with van der Waals surface area (Å²) >= 11 is 0.625. The monoisotopic (exact) mass is 395 g/mol. The minimum atomic E-state index is -1.07. The molecule has 3 nitrogen and oxygen atoms in total. The van der Waals surface area contributed by atoms with Gasteiger partial charge >= 0.3 is 0 Å². The molecule has 1 fully saturated rings. The normalized spacial score (nSPS) is 13.6. The molecule has 0 aliphatic heterocycles. The summed E-state index contributed by atoms with van der Waals surface area (Å²) in [5.41, 5.74) is 0.169. The SMILES string of the molecule is Cc1ccc(-c2ccc(OCC3CC3)c(F)c2SC(=O)N(C)C)c(F)c1F. The van der Waals surface area contributed by atoms with Crippen molar-refractivity contribution >= 4 is 17.0 Å². The molecule has 0 spiro atoms. The Labute approximate surface area is 160 Å². The molecule has 3 rings (SSSR count). The highest BCUT2D eigenvalue weighted by Gasteiger charge is 2.26. The van der Waals surface area contributed by atoms with Crippen LogP contribution in [0.15, 0.2) is 29.2 Å². The number of halogens is 3. The van der Waals surface area contributed by atoms with Gasteiger partial charge in [-0.2, -0.15) is 0 Å². The third-order valence-electron chi connectivity index (χ3n) is 4.35. The van der Waals surface area contributed by atoms with Crippen molar-refractivity contribution in [3.8, 4) is 16.9 Å². The van der Waals surface area contributed by atoms with Crippen molar-refractivity contribution in [1.82, 2.24) is 4.90 Å². The number of carbonyl (C=O) groups is 1. The van der Waals surface area contributed by atoms with E-state index in [2.05, 4.69) is 0 Å². The number of thioether (sulfide) groups is 1. The van der Waals surface area contributed by atoms with Crippen molar-refractivity contribution in [2.75, 3.05) is 20.7 Å². The molecule has 144 valence electrons. The minimum absolute atomic E-state index is 0.00713. The molecule has 2 aromatic rings. The standard InChI is InChI=1S/C20H20F3NO2S/c1-11-4-7-13(17(22)16(11)21)14-8-9-15(26-10-12-5-6-12)18(23)19(14)27-20(25)24(2)3/h4,7-9,12H,5-6,10H2,1-3H3. The summed E-state index contributed by atoms with van der Waals surface area (Å²) in [6.45, 7) is 1.85. The van der Waals surface area contributed by atoms with Crippen molar-refractivity contribution in [2.45, 2.75) is 24.7 Å². The summed E-state index contributed by atoms with van der Waals surface area (Å²) in [5.74, 6) is -2.37. The van der Waals surface area contributed by atoms with Crippen LogP contribution < -0.4 is 4.74 Å².